The van der Waals surface area contributed by atoms with Crippen molar-refractivity contribution >= 4 is 0 Å². The quantitative estimate of drug-likeness (QED) is 0.550. The molecule has 0 N–H and O–H groups in total. The molecule has 2 saturated heterocycles. The fourth-order valence-electron chi connectivity index (χ4n) is 2.13. The highest BCUT2D eigenvalue weighted by atomic mass is 16.5. The van der Waals surface area contributed by atoms with E-state index in [1.54, 1.807) is 0 Å². The van der Waals surface area contributed by atoms with Gasteiger partial charge in [-0.3, -0.25) is 0 Å². The van der Waals surface area contributed by atoms with Crippen molar-refractivity contribution in [3.05, 3.63) is 0 Å². The van der Waals surface area contributed by atoms with Crippen LogP contribution in [0.1, 0.15) is 26.7 Å². The van der Waals surface area contributed by atoms with Crippen LogP contribution in [-0.4, -0.2) is 38.3 Å². The van der Waals surface area contributed by atoms with Gasteiger partial charge >= 0.3 is 0 Å². The van der Waals surface area contributed by atoms with Crippen molar-refractivity contribution in [2.24, 2.45) is 5.41 Å². The SMILES string of the molecule is CC.CN1CC[C@@]2(CCOC2)C1. The molecule has 2 fully saturated rings. The van der Waals surface area contributed by atoms with Crippen LogP contribution < -0.4 is 0 Å². The van der Waals surface area contributed by atoms with Gasteiger partial charge < -0.3 is 9.64 Å². The lowest BCUT2D eigenvalue weighted by molar-refractivity contribution is 0.154. The predicted molar refractivity (Wildman–Crippen MR) is 51.3 cm³/mol. The van der Waals surface area contributed by atoms with E-state index in [9.17, 15) is 0 Å². The van der Waals surface area contributed by atoms with Gasteiger partial charge in [-0.2, -0.15) is 0 Å². The summed E-state index contributed by atoms with van der Waals surface area (Å²) in [7, 11) is 2.20. The number of rotatable bonds is 0. The fraction of sp³-hybridized carbons (Fsp3) is 1.00. The monoisotopic (exact) mass is 171 g/mol. The summed E-state index contributed by atoms with van der Waals surface area (Å²) >= 11 is 0. The Morgan fingerprint density at radius 1 is 1.25 bits per heavy atom. The molecule has 2 heteroatoms. The van der Waals surface area contributed by atoms with Gasteiger partial charge in [-0.15, -0.1) is 0 Å². The van der Waals surface area contributed by atoms with Crippen molar-refractivity contribution in [1.29, 1.82) is 0 Å². The van der Waals surface area contributed by atoms with Crippen molar-refractivity contribution in [3.8, 4) is 0 Å². The van der Waals surface area contributed by atoms with Gasteiger partial charge in [-0.05, 0) is 26.4 Å². The van der Waals surface area contributed by atoms with Gasteiger partial charge in [0.25, 0.3) is 0 Å². The first-order chi connectivity index (χ1) is 5.81. The minimum Gasteiger partial charge on any atom is -0.381 e. The average Bonchev–Trinajstić information content (AvgIpc) is 2.68. The standard InChI is InChI=1S/C8H15NO.C2H6/c1-9-4-2-8(6-9)3-5-10-7-8;1-2/h2-7H2,1H3;1-2H3/t8-;/m1./s1. The molecule has 1 spiro atoms. The summed E-state index contributed by atoms with van der Waals surface area (Å²) in [5.41, 5.74) is 0.564. The van der Waals surface area contributed by atoms with E-state index in [4.69, 9.17) is 4.74 Å². The molecule has 0 unspecified atom stereocenters. The summed E-state index contributed by atoms with van der Waals surface area (Å²) in [6, 6.07) is 0. The zero-order valence-corrected chi connectivity index (χ0v) is 8.60. The first-order valence-electron chi connectivity index (χ1n) is 5.07. The number of nitrogens with zero attached hydrogens (tertiary/aromatic N) is 1. The second-order valence-electron chi connectivity index (χ2n) is 3.79. The van der Waals surface area contributed by atoms with Gasteiger partial charge in [-0.25, -0.2) is 0 Å². The Balaban J connectivity index is 0.000000336. The van der Waals surface area contributed by atoms with E-state index in [1.165, 1.54) is 25.9 Å². The highest BCUT2D eigenvalue weighted by molar-refractivity contribution is 4.91. The van der Waals surface area contributed by atoms with E-state index < -0.39 is 0 Å². The Bertz CT molecular complexity index is 130. The fourth-order valence-corrected chi connectivity index (χ4v) is 2.13. The zero-order valence-electron chi connectivity index (χ0n) is 8.60. The molecule has 0 radical (unpaired) electrons. The topological polar surface area (TPSA) is 12.5 Å². The molecule has 0 saturated carbocycles. The molecule has 0 aromatic heterocycles. The van der Waals surface area contributed by atoms with E-state index >= 15 is 0 Å². The maximum atomic E-state index is 5.40. The van der Waals surface area contributed by atoms with Gasteiger partial charge in [0.15, 0.2) is 0 Å². The second-order valence-corrected chi connectivity index (χ2v) is 3.79. The van der Waals surface area contributed by atoms with E-state index in [-0.39, 0.29) is 0 Å². The number of hydrogen-bond donors (Lipinski definition) is 0. The minimum absolute atomic E-state index is 0.564. The normalized spacial score (nSPS) is 35.2. The third kappa shape index (κ3) is 1.99. The van der Waals surface area contributed by atoms with E-state index in [0.717, 1.165) is 13.2 Å². The molecule has 72 valence electrons. The van der Waals surface area contributed by atoms with Crippen LogP contribution in [0.5, 0.6) is 0 Å². The Morgan fingerprint density at radius 3 is 2.42 bits per heavy atom. The lowest BCUT2D eigenvalue weighted by Crippen LogP contribution is -2.24. The zero-order chi connectivity index (χ0) is 9.03. The van der Waals surface area contributed by atoms with Crippen molar-refractivity contribution < 1.29 is 4.74 Å². The van der Waals surface area contributed by atoms with Crippen molar-refractivity contribution in [3.63, 3.8) is 0 Å². The van der Waals surface area contributed by atoms with Gasteiger partial charge in [0, 0.05) is 18.6 Å². The van der Waals surface area contributed by atoms with Crippen LogP contribution in [0.4, 0.5) is 0 Å². The van der Waals surface area contributed by atoms with Crippen molar-refractivity contribution in [2.75, 3.05) is 33.4 Å². The highest BCUT2D eigenvalue weighted by Gasteiger charge is 2.39. The smallest absolute Gasteiger partial charge is 0.0536 e. The van der Waals surface area contributed by atoms with E-state index in [2.05, 4.69) is 11.9 Å². The van der Waals surface area contributed by atoms with Gasteiger partial charge in [-0.1, -0.05) is 13.8 Å². The van der Waals surface area contributed by atoms with Crippen LogP contribution in [0.15, 0.2) is 0 Å². The number of hydrogen-bond acceptors (Lipinski definition) is 2. The molecule has 0 amide bonds. The third-order valence-corrected chi connectivity index (χ3v) is 2.81. The van der Waals surface area contributed by atoms with E-state index in [0.29, 0.717) is 5.41 Å². The summed E-state index contributed by atoms with van der Waals surface area (Å²) in [4.78, 5) is 2.41. The summed E-state index contributed by atoms with van der Waals surface area (Å²) in [6.07, 6.45) is 2.64. The maximum absolute atomic E-state index is 5.40. The molecule has 2 aliphatic heterocycles. The summed E-state index contributed by atoms with van der Waals surface area (Å²) in [5, 5.41) is 0. The first kappa shape index (κ1) is 10.0. The Labute approximate surface area is 75.9 Å². The lowest BCUT2D eigenvalue weighted by atomic mass is 9.87. The predicted octanol–water partition coefficient (Wildman–Crippen LogP) is 1.75. The molecule has 1 atom stereocenters. The van der Waals surface area contributed by atoms with Crippen molar-refractivity contribution in [2.45, 2.75) is 26.7 Å². The largest absolute Gasteiger partial charge is 0.381 e. The molecule has 0 aromatic carbocycles. The molecule has 2 rings (SSSR count). The second kappa shape index (κ2) is 4.24. The molecule has 0 bridgehead atoms. The van der Waals surface area contributed by atoms with Crippen LogP contribution in [0.25, 0.3) is 0 Å². The summed E-state index contributed by atoms with van der Waals surface area (Å²) < 4.78 is 5.40. The molecular formula is C10H21NO. The highest BCUT2D eigenvalue weighted by Crippen LogP contribution is 2.37. The Hall–Kier alpha value is -0.0800. The number of ether oxygens (including phenoxy) is 1. The molecule has 2 nitrogen and oxygen atoms in total. The summed E-state index contributed by atoms with van der Waals surface area (Å²) in [6.45, 7) is 8.53. The number of likely N-dealkylation sites (tertiary alicyclic amines) is 1. The molecule has 0 aromatic rings. The minimum atomic E-state index is 0.564. The third-order valence-electron chi connectivity index (χ3n) is 2.81. The van der Waals surface area contributed by atoms with Gasteiger partial charge in [0.1, 0.15) is 0 Å². The van der Waals surface area contributed by atoms with Crippen LogP contribution in [0.3, 0.4) is 0 Å². The first-order valence-corrected chi connectivity index (χ1v) is 5.07. The van der Waals surface area contributed by atoms with Crippen LogP contribution >= 0.6 is 0 Å². The lowest BCUT2D eigenvalue weighted by Gasteiger charge is -2.19. The van der Waals surface area contributed by atoms with E-state index in [1.807, 2.05) is 13.8 Å². The van der Waals surface area contributed by atoms with Crippen LogP contribution in [0.2, 0.25) is 0 Å². The molecule has 12 heavy (non-hydrogen) atoms. The molecule has 0 aliphatic carbocycles. The average molecular weight is 171 g/mol. The van der Waals surface area contributed by atoms with Crippen molar-refractivity contribution in [1.82, 2.24) is 4.90 Å². The van der Waals surface area contributed by atoms with Crippen LogP contribution in [0, 0.1) is 5.41 Å². The molecular weight excluding hydrogens is 150 g/mol. The maximum Gasteiger partial charge on any atom is 0.0536 e. The Morgan fingerprint density at radius 2 is 2.00 bits per heavy atom. The van der Waals surface area contributed by atoms with Crippen LogP contribution in [-0.2, 0) is 4.74 Å². The molecule has 2 heterocycles. The summed E-state index contributed by atoms with van der Waals surface area (Å²) in [5.74, 6) is 0. The van der Waals surface area contributed by atoms with Gasteiger partial charge in [0.05, 0.1) is 6.61 Å². The Kier molecular flexibility index (Phi) is 3.53. The van der Waals surface area contributed by atoms with Gasteiger partial charge in [0.2, 0.25) is 0 Å². The molecule has 2 aliphatic rings.